The van der Waals surface area contributed by atoms with E-state index in [9.17, 15) is 4.79 Å². The molecular formula is C10H10ClN5OS. The largest absolute Gasteiger partial charge is 0.305 e. The van der Waals surface area contributed by atoms with E-state index in [-0.39, 0.29) is 10.7 Å². The highest BCUT2D eigenvalue weighted by molar-refractivity contribution is 7.98. The van der Waals surface area contributed by atoms with Crippen LogP contribution in [0, 0.1) is 6.92 Å². The molecule has 0 aliphatic carbocycles. The number of aryl methyl sites for hydroxylation is 1. The fraction of sp³-hybridized carbons (Fsp3) is 0.200. The number of nitrogens with one attached hydrogen (secondary N) is 2. The van der Waals surface area contributed by atoms with Crippen molar-refractivity contribution in [2.75, 3.05) is 11.6 Å². The highest BCUT2D eigenvalue weighted by Gasteiger charge is 2.15. The zero-order valence-electron chi connectivity index (χ0n) is 9.69. The maximum absolute atomic E-state index is 12.0. The van der Waals surface area contributed by atoms with E-state index in [1.165, 1.54) is 18.0 Å². The average Bonchev–Trinajstić information content (AvgIpc) is 2.75. The van der Waals surface area contributed by atoms with Crippen molar-refractivity contribution in [2.45, 2.75) is 12.1 Å². The van der Waals surface area contributed by atoms with Gasteiger partial charge in [0.15, 0.2) is 10.9 Å². The van der Waals surface area contributed by atoms with E-state index in [1.54, 1.807) is 6.20 Å². The van der Waals surface area contributed by atoms with Crippen LogP contribution in [0.4, 0.5) is 5.82 Å². The third-order valence-corrected chi connectivity index (χ3v) is 3.03. The van der Waals surface area contributed by atoms with Crippen molar-refractivity contribution in [3.05, 3.63) is 28.7 Å². The SMILES string of the molecule is CSc1ncc(Cl)c(C(=O)Nc2[nH]ncc2C)n1. The van der Waals surface area contributed by atoms with Crippen molar-refractivity contribution in [3.63, 3.8) is 0 Å². The molecule has 0 atom stereocenters. The molecule has 0 unspecified atom stereocenters. The van der Waals surface area contributed by atoms with Crippen LogP contribution in [0.5, 0.6) is 0 Å². The average molecular weight is 284 g/mol. The lowest BCUT2D eigenvalue weighted by molar-refractivity contribution is 0.102. The van der Waals surface area contributed by atoms with Crippen LogP contribution >= 0.6 is 23.4 Å². The highest BCUT2D eigenvalue weighted by Crippen LogP contribution is 2.18. The summed E-state index contributed by atoms with van der Waals surface area (Å²) in [6, 6.07) is 0. The van der Waals surface area contributed by atoms with Gasteiger partial charge in [0.2, 0.25) is 0 Å². The van der Waals surface area contributed by atoms with Crippen molar-refractivity contribution in [2.24, 2.45) is 0 Å². The number of hydrogen-bond acceptors (Lipinski definition) is 5. The number of nitrogens with zero attached hydrogens (tertiary/aromatic N) is 3. The Hall–Kier alpha value is -1.60. The standard InChI is InChI=1S/C10H10ClN5OS/c1-5-3-13-16-8(5)15-9(17)7-6(11)4-12-10(14-7)18-2/h3-4H,1-2H3,(H2,13,15,16,17). The summed E-state index contributed by atoms with van der Waals surface area (Å²) in [4.78, 5) is 20.1. The number of thioether (sulfide) groups is 1. The number of amides is 1. The summed E-state index contributed by atoms with van der Waals surface area (Å²) in [5.74, 6) is 0.130. The Balaban J connectivity index is 2.26. The number of anilines is 1. The van der Waals surface area contributed by atoms with Gasteiger partial charge in [-0.25, -0.2) is 9.97 Å². The van der Waals surface area contributed by atoms with Crippen molar-refractivity contribution < 1.29 is 4.79 Å². The molecule has 2 N–H and O–H groups in total. The maximum Gasteiger partial charge on any atom is 0.277 e. The zero-order chi connectivity index (χ0) is 13.1. The Morgan fingerprint density at radius 2 is 2.28 bits per heavy atom. The number of halogens is 1. The van der Waals surface area contributed by atoms with Crippen LogP contribution in [0.1, 0.15) is 16.1 Å². The van der Waals surface area contributed by atoms with Crippen molar-refractivity contribution in [1.29, 1.82) is 0 Å². The van der Waals surface area contributed by atoms with Crippen molar-refractivity contribution in [1.82, 2.24) is 20.2 Å². The summed E-state index contributed by atoms with van der Waals surface area (Å²) in [6.07, 6.45) is 4.85. The first kappa shape index (κ1) is 12.8. The fourth-order valence-electron chi connectivity index (χ4n) is 1.25. The second-order valence-corrected chi connectivity index (χ2v) is 4.62. The third-order valence-electron chi connectivity index (χ3n) is 2.19. The fourth-order valence-corrected chi connectivity index (χ4v) is 1.77. The maximum atomic E-state index is 12.0. The molecule has 0 fully saturated rings. The predicted molar refractivity (Wildman–Crippen MR) is 70.1 cm³/mol. The van der Waals surface area contributed by atoms with E-state index >= 15 is 0 Å². The van der Waals surface area contributed by atoms with Crippen LogP contribution in [0.3, 0.4) is 0 Å². The van der Waals surface area contributed by atoms with E-state index in [0.29, 0.717) is 11.0 Å². The Kier molecular flexibility index (Phi) is 3.83. The summed E-state index contributed by atoms with van der Waals surface area (Å²) < 4.78 is 0. The summed E-state index contributed by atoms with van der Waals surface area (Å²) in [5.41, 5.74) is 0.976. The molecule has 6 nitrogen and oxygen atoms in total. The minimum Gasteiger partial charge on any atom is -0.305 e. The van der Waals surface area contributed by atoms with E-state index < -0.39 is 5.91 Å². The molecule has 1 amide bonds. The first-order valence-corrected chi connectivity index (χ1v) is 6.60. The van der Waals surface area contributed by atoms with Crippen molar-refractivity contribution >= 4 is 35.1 Å². The molecule has 0 bridgehead atoms. The van der Waals surface area contributed by atoms with Gasteiger partial charge < -0.3 is 5.32 Å². The Bertz CT molecular complexity index is 585. The van der Waals surface area contributed by atoms with E-state index in [2.05, 4.69) is 25.5 Å². The lowest BCUT2D eigenvalue weighted by atomic mass is 10.3. The molecule has 18 heavy (non-hydrogen) atoms. The molecule has 0 spiro atoms. The molecule has 2 heterocycles. The Morgan fingerprint density at radius 1 is 1.50 bits per heavy atom. The number of carbonyl (C=O) groups excluding carboxylic acids is 1. The van der Waals surface area contributed by atoms with Crippen LogP contribution < -0.4 is 5.32 Å². The molecule has 0 aliphatic heterocycles. The van der Waals surface area contributed by atoms with Gasteiger partial charge in [-0.2, -0.15) is 5.10 Å². The number of rotatable bonds is 3. The van der Waals surface area contributed by atoms with E-state index in [1.807, 2.05) is 13.2 Å². The van der Waals surface area contributed by atoms with Gasteiger partial charge in [0.05, 0.1) is 17.4 Å². The van der Waals surface area contributed by atoms with Gasteiger partial charge in [-0.3, -0.25) is 9.89 Å². The lowest BCUT2D eigenvalue weighted by Crippen LogP contribution is -2.16. The molecule has 0 saturated heterocycles. The molecule has 2 aromatic heterocycles. The number of aromatic amines is 1. The molecule has 0 aliphatic rings. The number of aromatic nitrogens is 4. The minimum absolute atomic E-state index is 0.144. The van der Waals surface area contributed by atoms with Crippen LogP contribution in [0.25, 0.3) is 0 Å². The Morgan fingerprint density at radius 3 is 2.89 bits per heavy atom. The van der Waals surface area contributed by atoms with Gasteiger partial charge in [0.1, 0.15) is 5.82 Å². The highest BCUT2D eigenvalue weighted by atomic mass is 35.5. The molecule has 2 aromatic rings. The van der Waals surface area contributed by atoms with Crippen LogP contribution in [-0.4, -0.2) is 32.3 Å². The first-order valence-electron chi connectivity index (χ1n) is 4.99. The van der Waals surface area contributed by atoms with Crippen molar-refractivity contribution in [3.8, 4) is 0 Å². The quantitative estimate of drug-likeness (QED) is 0.666. The smallest absolute Gasteiger partial charge is 0.277 e. The van der Waals surface area contributed by atoms with Gasteiger partial charge in [-0.05, 0) is 13.2 Å². The second-order valence-electron chi connectivity index (χ2n) is 3.44. The molecule has 0 saturated carbocycles. The predicted octanol–water partition coefficient (Wildman–Crippen LogP) is 2.14. The van der Waals surface area contributed by atoms with Gasteiger partial charge >= 0.3 is 0 Å². The molecule has 0 aromatic carbocycles. The molecule has 94 valence electrons. The molecular weight excluding hydrogens is 274 g/mol. The first-order chi connectivity index (χ1) is 8.61. The summed E-state index contributed by atoms with van der Waals surface area (Å²) in [6.45, 7) is 1.83. The topological polar surface area (TPSA) is 83.6 Å². The minimum atomic E-state index is -0.398. The summed E-state index contributed by atoms with van der Waals surface area (Å²) >= 11 is 7.25. The molecule has 8 heteroatoms. The normalized spacial score (nSPS) is 10.4. The van der Waals surface area contributed by atoms with Gasteiger partial charge in [0, 0.05) is 5.56 Å². The summed E-state index contributed by atoms with van der Waals surface area (Å²) in [5, 5.41) is 9.86. The second kappa shape index (κ2) is 5.36. The third kappa shape index (κ3) is 2.62. The van der Waals surface area contributed by atoms with Gasteiger partial charge in [-0.15, -0.1) is 0 Å². The molecule has 2 rings (SSSR count). The Labute approximate surface area is 113 Å². The number of hydrogen-bond donors (Lipinski definition) is 2. The lowest BCUT2D eigenvalue weighted by Gasteiger charge is -2.05. The van der Waals surface area contributed by atoms with Gasteiger partial charge in [0.25, 0.3) is 5.91 Å². The van der Waals surface area contributed by atoms with Crippen LogP contribution in [-0.2, 0) is 0 Å². The van der Waals surface area contributed by atoms with Crippen LogP contribution in [0.15, 0.2) is 17.6 Å². The van der Waals surface area contributed by atoms with Crippen LogP contribution in [0.2, 0.25) is 5.02 Å². The van der Waals surface area contributed by atoms with E-state index in [0.717, 1.165) is 5.56 Å². The zero-order valence-corrected chi connectivity index (χ0v) is 11.3. The van der Waals surface area contributed by atoms with E-state index in [4.69, 9.17) is 11.6 Å². The number of carbonyl (C=O) groups is 1. The van der Waals surface area contributed by atoms with Gasteiger partial charge in [-0.1, -0.05) is 23.4 Å². The monoisotopic (exact) mass is 283 g/mol. The summed E-state index contributed by atoms with van der Waals surface area (Å²) in [7, 11) is 0. The number of H-pyrrole nitrogens is 1. The molecule has 0 radical (unpaired) electrons.